The molecule has 1 N–H and O–H groups in total. The molecular formula is C16H21N3O3. The van der Waals surface area contributed by atoms with Crippen LogP contribution in [0.2, 0.25) is 0 Å². The molecule has 2 fully saturated rings. The second kappa shape index (κ2) is 5.26. The molecule has 2 aliphatic heterocycles. The summed E-state index contributed by atoms with van der Waals surface area (Å²) in [6.45, 7) is 4.14. The van der Waals surface area contributed by atoms with Gasteiger partial charge in [-0.15, -0.1) is 0 Å². The molecule has 0 bridgehead atoms. The molecule has 0 aromatic heterocycles. The second-order valence-electron chi connectivity index (χ2n) is 6.12. The zero-order valence-electron chi connectivity index (χ0n) is 13.1. The van der Waals surface area contributed by atoms with Crippen LogP contribution in [0.25, 0.3) is 0 Å². The van der Waals surface area contributed by atoms with Crippen molar-refractivity contribution in [2.24, 2.45) is 0 Å². The van der Waals surface area contributed by atoms with Gasteiger partial charge in [-0.25, -0.2) is 4.79 Å². The first kappa shape index (κ1) is 14.8. The Morgan fingerprint density at radius 2 is 2.05 bits per heavy atom. The lowest BCUT2D eigenvalue weighted by molar-refractivity contribution is -0.136. The van der Waals surface area contributed by atoms with Crippen LogP contribution in [0.1, 0.15) is 33.1 Å². The van der Waals surface area contributed by atoms with Crippen molar-refractivity contribution in [3.8, 4) is 0 Å². The fourth-order valence-corrected chi connectivity index (χ4v) is 3.81. The Bertz CT molecular complexity index is 608. The van der Waals surface area contributed by atoms with Gasteiger partial charge in [-0.3, -0.25) is 14.9 Å². The lowest BCUT2D eigenvalue weighted by Gasteiger charge is -2.34. The minimum atomic E-state index is -0.566. The second-order valence-corrected chi connectivity index (χ2v) is 6.12. The molecule has 0 radical (unpaired) electrons. The zero-order chi connectivity index (χ0) is 16.0. The fourth-order valence-electron chi connectivity index (χ4n) is 3.81. The van der Waals surface area contributed by atoms with Crippen LogP contribution < -0.4 is 5.32 Å². The number of nitrogens with one attached hydrogen (secondary N) is 1. The largest absolute Gasteiger partial charge is 0.321 e. The van der Waals surface area contributed by atoms with Crippen molar-refractivity contribution < 1.29 is 14.4 Å². The Labute approximate surface area is 129 Å². The number of carbonyl (C=O) groups excluding carboxylic acids is 3. The van der Waals surface area contributed by atoms with E-state index in [-0.39, 0.29) is 36.3 Å². The highest BCUT2D eigenvalue weighted by molar-refractivity contribution is 6.02. The third kappa shape index (κ3) is 2.05. The minimum Gasteiger partial charge on any atom is -0.319 e. The Hall–Kier alpha value is -2.11. The Kier molecular flexibility index (Phi) is 3.54. The molecule has 0 spiro atoms. The number of piperidine rings is 1. The summed E-state index contributed by atoms with van der Waals surface area (Å²) in [4.78, 5) is 39.6. The highest BCUT2D eigenvalue weighted by atomic mass is 16.2. The SMILES string of the molecule is CCC1=C(C)C=CC2C1N(C)C(=O)N2C1CCC(=O)NC1=O. The molecule has 22 heavy (non-hydrogen) atoms. The molecule has 3 aliphatic rings. The number of nitrogens with zero attached hydrogens (tertiary/aromatic N) is 2. The van der Waals surface area contributed by atoms with Crippen molar-refractivity contribution >= 4 is 17.8 Å². The maximum Gasteiger partial charge on any atom is 0.321 e. The number of carbonyl (C=O) groups is 3. The third-order valence-electron chi connectivity index (χ3n) is 4.92. The molecule has 3 unspecified atom stereocenters. The lowest BCUT2D eigenvalue weighted by Crippen LogP contribution is -2.55. The van der Waals surface area contributed by atoms with E-state index in [4.69, 9.17) is 0 Å². The molecule has 3 rings (SSSR count). The summed E-state index contributed by atoms with van der Waals surface area (Å²) >= 11 is 0. The molecule has 6 nitrogen and oxygen atoms in total. The summed E-state index contributed by atoms with van der Waals surface area (Å²) in [6.07, 6.45) is 5.58. The van der Waals surface area contributed by atoms with Gasteiger partial charge in [-0.05, 0) is 25.3 Å². The number of amides is 4. The molecule has 3 atom stereocenters. The van der Waals surface area contributed by atoms with Gasteiger partial charge in [0.05, 0.1) is 12.1 Å². The van der Waals surface area contributed by atoms with Crippen molar-refractivity contribution in [1.29, 1.82) is 0 Å². The van der Waals surface area contributed by atoms with Crippen LogP contribution in [-0.2, 0) is 9.59 Å². The number of rotatable bonds is 2. The quantitative estimate of drug-likeness (QED) is 0.779. The number of urea groups is 1. The van der Waals surface area contributed by atoms with Gasteiger partial charge in [0.1, 0.15) is 6.04 Å². The number of likely N-dealkylation sites (N-methyl/N-ethyl adjacent to an activating group) is 1. The van der Waals surface area contributed by atoms with Gasteiger partial charge in [-0.1, -0.05) is 24.6 Å². The Morgan fingerprint density at radius 3 is 2.68 bits per heavy atom. The van der Waals surface area contributed by atoms with Crippen molar-refractivity contribution in [2.45, 2.75) is 51.2 Å². The van der Waals surface area contributed by atoms with Crippen molar-refractivity contribution in [2.75, 3.05) is 7.05 Å². The molecule has 118 valence electrons. The van der Waals surface area contributed by atoms with Gasteiger partial charge in [0, 0.05) is 13.5 Å². The average molecular weight is 303 g/mol. The highest BCUT2D eigenvalue weighted by Gasteiger charge is 2.50. The van der Waals surface area contributed by atoms with E-state index in [1.807, 2.05) is 12.2 Å². The van der Waals surface area contributed by atoms with E-state index < -0.39 is 6.04 Å². The van der Waals surface area contributed by atoms with Crippen LogP contribution in [0.4, 0.5) is 4.79 Å². The Morgan fingerprint density at radius 1 is 1.32 bits per heavy atom. The van der Waals surface area contributed by atoms with E-state index >= 15 is 0 Å². The summed E-state index contributed by atoms with van der Waals surface area (Å²) in [5.41, 5.74) is 2.42. The summed E-state index contributed by atoms with van der Waals surface area (Å²) in [7, 11) is 1.79. The number of allylic oxidation sites excluding steroid dienone is 2. The zero-order valence-corrected chi connectivity index (χ0v) is 13.1. The first-order valence-corrected chi connectivity index (χ1v) is 7.72. The lowest BCUT2D eigenvalue weighted by atomic mass is 9.87. The molecule has 0 saturated carbocycles. The van der Waals surface area contributed by atoms with Crippen LogP contribution in [0.15, 0.2) is 23.3 Å². The first-order chi connectivity index (χ1) is 10.5. The molecule has 4 amide bonds. The smallest absolute Gasteiger partial charge is 0.319 e. The predicted molar refractivity (Wildman–Crippen MR) is 80.9 cm³/mol. The van der Waals surface area contributed by atoms with E-state index in [1.165, 1.54) is 11.1 Å². The fraction of sp³-hybridized carbons (Fsp3) is 0.562. The standard InChI is InChI=1S/C16H21N3O3/c1-4-10-9(2)5-6-11-14(10)18(3)16(22)19(11)12-7-8-13(20)17-15(12)21/h5-6,11-12,14H,4,7-8H2,1-3H3,(H,17,20,21). The van der Waals surface area contributed by atoms with Crippen molar-refractivity contribution in [1.82, 2.24) is 15.1 Å². The Balaban J connectivity index is 1.95. The minimum absolute atomic E-state index is 0.0204. The molecule has 6 heteroatoms. The number of imide groups is 1. The van der Waals surface area contributed by atoms with Crippen LogP contribution in [0, 0.1) is 0 Å². The molecular weight excluding hydrogens is 282 g/mol. The van der Waals surface area contributed by atoms with Crippen LogP contribution in [-0.4, -0.2) is 52.8 Å². The normalized spacial score (nSPS) is 31.8. The molecule has 2 heterocycles. The van der Waals surface area contributed by atoms with Gasteiger partial charge in [0.2, 0.25) is 11.8 Å². The maximum atomic E-state index is 12.7. The molecule has 0 aromatic rings. The molecule has 2 saturated heterocycles. The maximum absolute atomic E-state index is 12.7. The number of hydrogen-bond donors (Lipinski definition) is 1. The van der Waals surface area contributed by atoms with E-state index in [2.05, 4.69) is 19.2 Å². The van der Waals surface area contributed by atoms with Gasteiger partial charge >= 0.3 is 6.03 Å². The number of hydrogen-bond acceptors (Lipinski definition) is 3. The topological polar surface area (TPSA) is 69.7 Å². The summed E-state index contributed by atoms with van der Waals surface area (Å²) in [6, 6.07) is -0.869. The molecule has 1 aliphatic carbocycles. The van der Waals surface area contributed by atoms with Crippen LogP contribution >= 0.6 is 0 Å². The van der Waals surface area contributed by atoms with E-state index in [1.54, 1.807) is 16.8 Å². The predicted octanol–water partition coefficient (Wildman–Crippen LogP) is 1.19. The van der Waals surface area contributed by atoms with Gasteiger partial charge in [0.15, 0.2) is 0 Å². The van der Waals surface area contributed by atoms with E-state index in [0.29, 0.717) is 6.42 Å². The van der Waals surface area contributed by atoms with E-state index in [9.17, 15) is 14.4 Å². The first-order valence-electron chi connectivity index (χ1n) is 7.72. The van der Waals surface area contributed by atoms with Crippen LogP contribution in [0.3, 0.4) is 0 Å². The van der Waals surface area contributed by atoms with Gasteiger partial charge in [0.25, 0.3) is 0 Å². The summed E-state index contributed by atoms with van der Waals surface area (Å²) < 4.78 is 0. The summed E-state index contributed by atoms with van der Waals surface area (Å²) in [5, 5.41) is 2.34. The summed E-state index contributed by atoms with van der Waals surface area (Å²) in [5.74, 6) is -0.627. The third-order valence-corrected chi connectivity index (χ3v) is 4.92. The number of fused-ring (bicyclic) bond motifs is 1. The van der Waals surface area contributed by atoms with Gasteiger partial charge in [-0.2, -0.15) is 0 Å². The molecule has 0 aromatic carbocycles. The van der Waals surface area contributed by atoms with Crippen molar-refractivity contribution in [3.05, 3.63) is 23.3 Å². The monoisotopic (exact) mass is 303 g/mol. The van der Waals surface area contributed by atoms with Crippen molar-refractivity contribution in [3.63, 3.8) is 0 Å². The van der Waals surface area contributed by atoms with Crippen LogP contribution in [0.5, 0.6) is 0 Å². The van der Waals surface area contributed by atoms with Gasteiger partial charge < -0.3 is 9.80 Å². The van der Waals surface area contributed by atoms with E-state index in [0.717, 1.165) is 6.42 Å². The average Bonchev–Trinajstić information content (AvgIpc) is 2.72. The highest BCUT2D eigenvalue weighted by Crippen LogP contribution is 2.36.